The summed E-state index contributed by atoms with van der Waals surface area (Å²) >= 11 is 0.821. The Kier molecular flexibility index (Phi) is 11.2. The van der Waals surface area contributed by atoms with Crippen molar-refractivity contribution >= 4 is 0 Å². The van der Waals surface area contributed by atoms with Crippen LogP contribution in [0.3, 0.4) is 0 Å². The van der Waals surface area contributed by atoms with E-state index in [1.54, 1.807) is 7.11 Å². The quantitative estimate of drug-likeness (QED) is 0.589. The van der Waals surface area contributed by atoms with Crippen LogP contribution >= 0.6 is 0 Å². The molecule has 0 N–H and O–H groups in total. The first-order chi connectivity index (χ1) is 6.70. The van der Waals surface area contributed by atoms with Gasteiger partial charge >= 0.3 is 107 Å². The molecule has 0 aromatic carbocycles. The summed E-state index contributed by atoms with van der Waals surface area (Å²) in [5.74, 6) is 0. The SMILES string of the molecule is COC(C)COCCOCC(C)[O][Y]. The van der Waals surface area contributed by atoms with Crippen LogP contribution in [0.15, 0.2) is 0 Å². The van der Waals surface area contributed by atoms with Gasteiger partial charge in [0.15, 0.2) is 0 Å². The van der Waals surface area contributed by atoms with Crippen LogP contribution in [0.25, 0.3) is 0 Å². The summed E-state index contributed by atoms with van der Waals surface area (Å²) in [6.07, 6.45) is 0.355. The average molecular weight is 280 g/mol. The van der Waals surface area contributed by atoms with E-state index in [4.69, 9.17) is 16.3 Å². The topological polar surface area (TPSA) is 36.9 Å². The second kappa shape index (κ2) is 10.5. The number of hydrogen-bond acceptors (Lipinski definition) is 4. The predicted molar refractivity (Wildman–Crippen MR) is 48.7 cm³/mol. The molecule has 0 aliphatic rings. The molecule has 5 heteroatoms. The van der Waals surface area contributed by atoms with E-state index in [9.17, 15) is 0 Å². The third-order valence-electron chi connectivity index (χ3n) is 1.71. The molecule has 4 nitrogen and oxygen atoms in total. The summed E-state index contributed by atoms with van der Waals surface area (Å²) in [5, 5.41) is 0. The van der Waals surface area contributed by atoms with Crippen LogP contribution in [0.5, 0.6) is 0 Å². The summed E-state index contributed by atoms with van der Waals surface area (Å²) in [5.41, 5.74) is 0. The molecule has 0 rings (SSSR count). The Morgan fingerprint density at radius 1 is 1.00 bits per heavy atom. The van der Waals surface area contributed by atoms with Crippen LogP contribution in [-0.2, 0) is 47.7 Å². The summed E-state index contributed by atoms with van der Waals surface area (Å²) in [6.45, 7) is 6.46. The fourth-order valence-corrected chi connectivity index (χ4v) is 0.917. The number of methoxy groups -OCH3 is 1. The van der Waals surface area contributed by atoms with Gasteiger partial charge in [0.25, 0.3) is 0 Å². The zero-order valence-corrected chi connectivity index (χ0v) is 12.0. The molecular formula is C9H19O4Y. The number of ether oxygens (including phenoxy) is 3. The van der Waals surface area contributed by atoms with Gasteiger partial charge in [0.05, 0.1) is 0 Å². The van der Waals surface area contributed by atoms with Crippen LogP contribution < -0.4 is 0 Å². The van der Waals surface area contributed by atoms with E-state index >= 15 is 0 Å². The van der Waals surface area contributed by atoms with Gasteiger partial charge in [0, 0.05) is 0 Å². The van der Waals surface area contributed by atoms with Crippen molar-refractivity contribution < 1.29 is 47.7 Å². The van der Waals surface area contributed by atoms with Crippen molar-refractivity contribution in [2.45, 2.75) is 26.1 Å². The van der Waals surface area contributed by atoms with E-state index in [1.165, 1.54) is 0 Å². The third-order valence-corrected chi connectivity index (χ3v) is 2.85. The molecule has 0 aliphatic heterocycles. The molecule has 0 bridgehead atoms. The molecule has 0 spiro atoms. The normalized spacial score (nSPS) is 15.3. The first-order valence-corrected chi connectivity index (χ1v) is 5.90. The van der Waals surface area contributed by atoms with E-state index in [0.29, 0.717) is 26.4 Å². The van der Waals surface area contributed by atoms with E-state index in [2.05, 4.69) is 0 Å². The molecule has 0 aliphatic carbocycles. The monoisotopic (exact) mass is 280 g/mol. The molecule has 0 radical (unpaired) electrons. The van der Waals surface area contributed by atoms with Crippen molar-refractivity contribution in [1.29, 1.82) is 0 Å². The van der Waals surface area contributed by atoms with Crippen LogP contribution in [0.4, 0.5) is 0 Å². The van der Waals surface area contributed by atoms with E-state index < -0.39 is 0 Å². The van der Waals surface area contributed by atoms with E-state index in [1.807, 2.05) is 13.8 Å². The fourth-order valence-electron chi connectivity index (χ4n) is 0.724. The van der Waals surface area contributed by atoms with Crippen LogP contribution in [0, 0.1) is 0 Å². The summed E-state index contributed by atoms with van der Waals surface area (Å²) in [7, 11) is 1.68. The molecule has 2 atom stereocenters. The Bertz CT molecular complexity index is 109. The zero-order chi connectivity index (χ0) is 10.8. The molecule has 0 aromatic heterocycles. The second-order valence-electron chi connectivity index (χ2n) is 3.14. The predicted octanol–water partition coefficient (Wildman–Crippen LogP) is 0.921. The van der Waals surface area contributed by atoms with Gasteiger partial charge in [-0.1, -0.05) is 0 Å². The van der Waals surface area contributed by atoms with E-state index in [-0.39, 0.29) is 12.2 Å². The minimum atomic E-state index is 0.151. The second-order valence-corrected chi connectivity index (χ2v) is 3.81. The summed E-state index contributed by atoms with van der Waals surface area (Å²) in [6, 6.07) is 0. The van der Waals surface area contributed by atoms with Crippen LogP contribution in [0.1, 0.15) is 13.8 Å². The Morgan fingerprint density at radius 2 is 1.50 bits per heavy atom. The molecule has 14 heavy (non-hydrogen) atoms. The van der Waals surface area contributed by atoms with Gasteiger partial charge in [-0.2, -0.15) is 0 Å². The molecular weight excluding hydrogens is 261 g/mol. The number of rotatable bonds is 9. The summed E-state index contributed by atoms with van der Waals surface area (Å²) in [4.78, 5) is 0. The molecule has 0 saturated heterocycles. The van der Waals surface area contributed by atoms with Crippen molar-refractivity contribution in [3.63, 3.8) is 0 Å². The first kappa shape index (κ1) is 14.9. The van der Waals surface area contributed by atoms with Crippen molar-refractivity contribution in [1.82, 2.24) is 0 Å². The molecule has 0 fully saturated rings. The van der Waals surface area contributed by atoms with Crippen molar-refractivity contribution in [3.8, 4) is 0 Å². The number of hydrogen-bond donors (Lipinski definition) is 0. The fraction of sp³-hybridized carbons (Fsp3) is 1.00. The zero-order valence-electron chi connectivity index (χ0n) is 9.19. The standard InChI is InChI=1S/C9H19O4.Y/c1-8(10)6-12-4-5-13-7-9(2)11-3;/h8-9H,4-7H2,1-3H3;/q-1;+1. The van der Waals surface area contributed by atoms with Gasteiger partial charge in [-0.3, -0.25) is 0 Å². The first-order valence-electron chi connectivity index (χ1n) is 4.74. The van der Waals surface area contributed by atoms with Crippen LogP contribution in [0.2, 0.25) is 0 Å². The molecule has 0 heterocycles. The molecule has 82 valence electrons. The molecule has 2 unspecified atom stereocenters. The average Bonchev–Trinajstić information content (AvgIpc) is 2.22. The molecule has 0 saturated carbocycles. The van der Waals surface area contributed by atoms with Crippen molar-refractivity contribution in [3.05, 3.63) is 0 Å². The van der Waals surface area contributed by atoms with Gasteiger partial charge in [0.1, 0.15) is 0 Å². The van der Waals surface area contributed by atoms with E-state index in [0.717, 1.165) is 31.5 Å². The summed E-state index contributed by atoms with van der Waals surface area (Å²) < 4.78 is 20.8. The van der Waals surface area contributed by atoms with Gasteiger partial charge in [-0.15, -0.1) is 0 Å². The van der Waals surface area contributed by atoms with Gasteiger partial charge < -0.3 is 0 Å². The Hall–Kier alpha value is 0.944. The van der Waals surface area contributed by atoms with Gasteiger partial charge in [-0.25, -0.2) is 0 Å². The van der Waals surface area contributed by atoms with Gasteiger partial charge in [0.2, 0.25) is 0 Å². The third kappa shape index (κ3) is 9.50. The minimum absolute atomic E-state index is 0.151. The Morgan fingerprint density at radius 3 is 1.93 bits per heavy atom. The maximum absolute atomic E-state index is 5.33. The van der Waals surface area contributed by atoms with Crippen molar-refractivity contribution in [2.24, 2.45) is 0 Å². The molecule has 0 amide bonds. The maximum atomic E-state index is 5.33. The van der Waals surface area contributed by atoms with Gasteiger partial charge in [-0.05, 0) is 0 Å². The Balaban J connectivity index is 3.06. The molecule has 0 aromatic rings. The van der Waals surface area contributed by atoms with Crippen LogP contribution in [-0.4, -0.2) is 45.7 Å². The Labute approximate surface area is 107 Å². The van der Waals surface area contributed by atoms with Crippen molar-refractivity contribution in [2.75, 3.05) is 33.5 Å².